The fourth-order valence-corrected chi connectivity index (χ4v) is 2.90. The summed E-state index contributed by atoms with van der Waals surface area (Å²) in [7, 11) is 0. The first kappa shape index (κ1) is 15.6. The third-order valence-corrected chi connectivity index (χ3v) is 4.27. The minimum absolute atomic E-state index is 0.00655. The number of nitrogen functional groups attached to an aromatic ring is 1. The average Bonchev–Trinajstić information content (AvgIpc) is 2.59. The number of para-hydroxylation sites is 1. The van der Waals surface area contributed by atoms with Crippen LogP contribution in [0.15, 0.2) is 54.6 Å². The van der Waals surface area contributed by atoms with E-state index in [1.54, 1.807) is 12.1 Å². The minimum Gasteiger partial charge on any atom is -0.459 e. The van der Waals surface area contributed by atoms with E-state index in [0.29, 0.717) is 5.56 Å². The quantitative estimate of drug-likeness (QED) is 0.696. The number of nitrogens with two attached hydrogens (primary N) is 1. The summed E-state index contributed by atoms with van der Waals surface area (Å²) in [5, 5.41) is 0. The molecule has 0 spiro atoms. The second-order valence-electron chi connectivity index (χ2n) is 5.95. The summed E-state index contributed by atoms with van der Waals surface area (Å²) in [6.45, 7) is 2.69. The van der Waals surface area contributed by atoms with Crippen LogP contribution in [-0.4, -0.2) is 30.1 Å². The van der Waals surface area contributed by atoms with E-state index in [1.807, 2.05) is 36.4 Å². The third-order valence-electron chi connectivity index (χ3n) is 4.27. The van der Waals surface area contributed by atoms with Gasteiger partial charge in [0.15, 0.2) is 0 Å². The first-order valence-corrected chi connectivity index (χ1v) is 8.04. The Bertz CT molecular complexity index is 649. The highest BCUT2D eigenvalue weighted by atomic mass is 16.5. The van der Waals surface area contributed by atoms with Gasteiger partial charge in [-0.3, -0.25) is 4.90 Å². The van der Waals surface area contributed by atoms with E-state index < -0.39 is 0 Å². The molecule has 2 aromatic rings. The highest BCUT2D eigenvalue weighted by molar-refractivity contribution is 5.89. The van der Waals surface area contributed by atoms with E-state index in [9.17, 15) is 4.79 Å². The van der Waals surface area contributed by atoms with Gasteiger partial charge in [-0.05, 0) is 36.6 Å². The van der Waals surface area contributed by atoms with Crippen LogP contribution in [0.5, 0.6) is 0 Å². The van der Waals surface area contributed by atoms with Crippen LogP contribution in [0.25, 0.3) is 0 Å². The SMILES string of the molecule is Nc1ccccc1CN1CCC(OC(=O)c2ccccc2)CC1. The van der Waals surface area contributed by atoms with E-state index in [0.717, 1.165) is 43.7 Å². The number of piperidine rings is 1. The van der Waals surface area contributed by atoms with Crippen LogP contribution in [0.4, 0.5) is 5.69 Å². The Morgan fingerprint density at radius 1 is 1.04 bits per heavy atom. The molecule has 0 atom stereocenters. The zero-order valence-corrected chi connectivity index (χ0v) is 13.2. The molecule has 1 aliphatic heterocycles. The number of rotatable bonds is 4. The Hall–Kier alpha value is -2.33. The number of nitrogens with zero attached hydrogens (tertiary/aromatic N) is 1. The number of esters is 1. The molecule has 1 heterocycles. The van der Waals surface area contributed by atoms with E-state index in [2.05, 4.69) is 11.0 Å². The fraction of sp³-hybridized carbons (Fsp3) is 0.316. The van der Waals surface area contributed by atoms with Crippen molar-refractivity contribution in [3.8, 4) is 0 Å². The van der Waals surface area contributed by atoms with Gasteiger partial charge < -0.3 is 10.5 Å². The summed E-state index contributed by atoms with van der Waals surface area (Å²) in [5.74, 6) is -0.226. The van der Waals surface area contributed by atoms with Crippen molar-refractivity contribution in [3.05, 3.63) is 65.7 Å². The molecule has 0 unspecified atom stereocenters. The smallest absolute Gasteiger partial charge is 0.338 e. The molecule has 4 nitrogen and oxygen atoms in total. The molecule has 120 valence electrons. The van der Waals surface area contributed by atoms with E-state index >= 15 is 0 Å². The van der Waals surface area contributed by atoms with Crippen LogP contribution in [0.2, 0.25) is 0 Å². The summed E-state index contributed by atoms with van der Waals surface area (Å²) in [4.78, 5) is 14.4. The predicted molar refractivity (Wildman–Crippen MR) is 91.0 cm³/mol. The zero-order chi connectivity index (χ0) is 16.1. The largest absolute Gasteiger partial charge is 0.459 e. The van der Waals surface area contributed by atoms with Gasteiger partial charge in [-0.1, -0.05) is 36.4 Å². The number of anilines is 1. The van der Waals surface area contributed by atoms with E-state index in [4.69, 9.17) is 10.5 Å². The Morgan fingerprint density at radius 3 is 2.39 bits per heavy atom. The molecule has 0 amide bonds. The van der Waals surface area contributed by atoms with Gasteiger partial charge in [-0.2, -0.15) is 0 Å². The zero-order valence-electron chi connectivity index (χ0n) is 13.2. The van der Waals surface area contributed by atoms with Crippen molar-refractivity contribution in [2.75, 3.05) is 18.8 Å². The minimum atomic E-state index is -0.226. The van der Waals surface area contributed by atoms with Gasteiger partial charge in [-0.25, -0.2) is 4.79 Å². The highest BCUT2D eigenvalue weighted by Gasteiger charge is 2.23. The molecule has 0 aromatic heterocycles. The number of carbonyl (C=O) groups excluding carboxylic acids is 1. The predicted octanol–water partition coefficient (Wildman–Crippen LogP) is 3.09. The molecule has 0 aliphatic carbocycles. The molecule has 2 aromatic carbocycles. The van der Waals surface area contributed by atoms with Crippen LogP contribution in [0.1, 0.15) is 28.8 Å². The van der Waals surface area contributed by atoms with Crippen LogP contribution >= 0.6 is 0 Å². The normalized spacial score (nSPS) is 16.2. The summed E-state index contributed by atoms with van der Waals surface area (Å²) < 4.78 is 5.61. The van der Waals surface area contributed by atoms with Crippen LogP contribution in [-0.2, 0) is 11.3 Å². The second kappa shape index (κ2) is 7.29. The average molecular weight is 310 g/mol. The van der Waals surface area contributed by atoms with Gasteiger partial charge >= 0.3 is 5.97 Å². The fourth-order valence-electron chi connectivity index (χ4n) is 2.90. The van der Waals surface area contributed by atoms with Crippen molar-refractivity contribution in [3.63, 3.8) is 0 Å². The lowest BCUT2D eigenvalue weighted by Crippen LogP contribution is -2.37. The lowest BCUT2D eigenvalue weighted by Gasteiger charge is -2.31. The number of benzene rings is 2. The Labute approximate surface area is 136 Å². The van der Waals surface area contributed by atoms with Crippen molar-refractivity contribution in [2.45, 2.75) is 25.5 Å². The second-order valence-corrected chi connectivity index (χ2v) is 5.95. The number of carbonyl (C=O) groups is 1. The molecule has 2 N–H and O–H groups in total. The van der Waals surface area contributed by atoms with Gasteiger partial charge in [0.05, 0.1) is 5.56 Å². The van der Waals surface area contributed by atoms with E-state index in [-0.39, 0.29) is 12.1 Å². The molecule has 1 fully saturated rings. The van der Waals surface area contributed by atoms with Crippen molar-refractivity contribution >= 4 is 11.7 Å². The van der Waals surface area contributed by atoms with Crippen LogP contribution in [0.3, 0.4) is 0 Å². The van der Waals surface area contributed by atoms with Crippen molar-refractivity contribution in [2.24, 2.45) is 0 Å². The molecule has 1 saturated heterocycles. The van der Waals surface area contributed by atoms with Gasteiger partial charge in [-0.15, -0.1) is 0 Å². The molecule has 0 bridgehead atoms. The van der Waals surface area contributed by atoms with Gasteiger partial charge in [0, 0.05) is 25.3 Å². The number of hydrogen-bond acceptors (Lipinski definition) is 4. The maximum Gasteiger partial charge on any atom is 0.338 e. The van der Waals surface area contributed by atoms with Crippen LogP contribution < -0.4 is 5.73 Å². The number of ether oxygens (including phenoxy) is 1. The molecule has 0 radical (unpaired) electrons. The molecular formula is C19H22N2O2. The lowest BCUT2D eigenvalue weighted by molar-refractivity contribution is 0.0104. The first-order valence-electron chi connectivity index (χ1n) is 8.04. The molecule has 3 rings (SSSR count). The lowest BCUT2D eigenvalue weighted by atomic mass is 10.1. The summed E-state index contributed by atoms with van der Waals surface area (Å²) >= 11 is 0. The van der Waals surface area contributed by atoms with Crippen molar-refractivity contribution < 1.29 is 9.53 Å². The summed E-state index contributed by atoms with van der Waals surface area (Å²) in [6, 6.07) is 17.1. The molecule has 4 heteroatoms. The maximum atomic E-state index is 12.1. The van der Waals surface area contributed by atoms with E-state index in [1.165, 1.54) is 0 Å². The Balaban J connectivity index is 1.49. The Kier molecular flexibility index (Phi) is 4.93. The first-order chi connectivity index (χ1) is 11.2. The number of likely N-dealkylation sites (tertiary alicyclic amines) is 1. The third kappa shape index (κ3) is 4.11. The van der Waals surface area contributed by atoms with Gasteiger partial charge in [0.1, 0.15) is 6.10 Å². The topological polar surface area (TPSA) is 55.6 Å². The Morgan fingerprint density at radius 2 is 1.70 bits per heavy atom. The van der Waals surface area contributed by atoms with Crippen molar-refractivity contribution in [1.29, 1.82) is 0 Å². The molecule has 23 heavy (non-hydrogen) atoms. The monoisotopic (exact) mass is 310 g/mol. The van der Waals surface area contributed by atoms with Crippen LogP contribution in [0, 0.1) is 0 Å². The highest BCUT2D eigenvalue weighted by Crippen LogP contribution is 2.20. The van der Waals surface area contributed by atoms with Crippen molar-refractivity contribution in [1.82, 2.24) is 4.90 Å². The van der Waals surface area contributed by atoms with Gasteiger partial charge in [0.2, 0.25) is 0 Å². The summed E-state index contributed by atoms with van der Waals surface area (Å²) in [6.07, 6.45) is 1.74. The molecular weight excluding hydrogens is 288 g/mol. The molecule has 0 saturated carbocycles. The maximum absolute atomic E-state index is 12.1. The standard InChI is InChI=1S/C19H22N2O2/c20-18-9-5-4-8-16(18)14-21-12-10-17(11-13-21)23-19(22)15-6-2-1-3-7-15/h1-9,17H,10-14,20H2. The van der Waals surface area contributed by atoms with Gasteiger partial charge in [0.25, 0.3) is 0 Å². The summed E-state index contributed by atoms with van der Waals surface area (Å²) in [5.41, 5.74) is 8.61. The number of hydrogen-bond donors (Lipinski definition) is 1. The molecule has 1 aliphatic rings.